The van der Waals surface area contributed by atoms with Crippen molar-refractivity contribution in [2.45, 2.75) is 51.7 Å². The van der Waals surface area contributed by atoms with Gasteiger partial charge in [0.15, 0.2) is 0 Å². The zero-order chi connectivity index (χ0) is 13.3. The van der Waals surface area contributed by atoms with Crippen LogP contribution in [0.4, 0.5) is 0 Å². The Morgan fingerprint density at radius 1 is 1.61 bits per heavy atom. The summed E-state index contributed by atoms with van der Waals surface area (Å²) in [5.41, 5.74) is 1.23. The smallest absolute Gasteiger partial charge is 0.323 e. The van der Waals surface area contributed by atoms with E-state index in [9.17, 15) is 9.90 Å². The molecule has 0 spiro atoms. The lowest BCUT2D eigenvalue weighted by Crippen LogP contribution is -2.56. The molecule has 0 atom stereocenters. The standard InChI is InChI=1S/C12H18BrN3O2/c1-3-16-9(10(13)8(2)15-16)7-14-12(11(17)18)5-4-6-12/h14H,3-7H2,1-2H3,(H,17,18). The molecule has 1 aromatic rings. The zero-order valence-electron chi connectivity index (χ0n) is 10.7. The zero-order valence-corrected chi connectivity index (χ0v) is 12.2. The number of aromatic nitrogens is 2. The summed E-state index contributed by atoms with van der Waals surface area (Å²) in [6.07, 6.45) is 2.39. The van der Waals surface area contributed by atoms with Gasteiger partial charge in [0.25, 0.3) is 0 Å². The number of nitrogens with zero attached hydrogens (tertiary/aromatic N) is 2. The van der Waals surface area contributed by atoms with Gasteiger partial charge in [-0.1, -0.05) is 0 Å². The summed E-state index contributed by atoms with van der Waals surface area (Å²) in [5.74, 6) is -0.746. The number of carboxylic acid groups (broad SMARTS) is 1. The van der Waals surface area contributed by atoms with E-state index in [1.54, 1.807) is 0 Å². The minimum absolute atomic E-state index is 0.529. The fraction of sp³-hybridized carbons (Fsp3) is 0.667. The Hall–Kier alpha value is -0.880. The van der Waals surface area contributed by atoms with E-state index in [1.165, 1.54) is 0 Å². The van der Waals surface area contributed by atoms with Crippen LogP contribution >= 0.6 is 15.9 Å². The summed E-state index contributed by atoms with van der Waals surface area (Å²) < 4.78 is 2.87. The first-order chi connectivity index (χ1) is 8.50. The van der Waals surface area contributed by atoms with Crippen LogP contribution in [-0.4, -0.2) is 26.4 Å². The molecular formula is C12H18BrN3O2. The molecule has 1 heterocycles. The van der Waals surface area contributed by atoms with Crippen LogP contribution in [0.3, 0.4) is 0 Å². The van der Waals surface area contributed by atoms with E-state index in [0.717, 1.165) is 28.8 Å². The van der Waals surface area contributed by atoms with Gasteiger partial charge in [-0.2, -0.15) is 5.10 Å². The summed E-state index contributed by atoms with van der Waals surface area (Å²) in [6, 6.07) is 0. The Morgan fingerprint density at radius 3 is 2.72 bits per heavy atom. The molecule has 0 unspecified atom stereocenters. The van der Waals surface area contributed by atoms with E-state index in [4.69, 9.17) is 0 Å². The number of hydrogen-bond donors (Lipinski definition) is 2. The van der Waals surface area contributed by atoms with E-state index in [1.807, 2.05) is 18.5 Å². The van der Waals surface area contributed by atoms with Crippen LogP contribution < -0.4 is 5.32 Å². The van der Waals surface area contributed by atoms with Gasteiger partial charge >= 0.3 is 5.97 Å². The summed E-state index contributed by atoms with van der Waals surface area (Å²) in [7, 11) is 0. The second-order valence-corrected chi connectivity index (χ2v) is 5.55. The van der Waals surface area contributed by atoms with Crippen LogP contribution in [0.1, 0.15) is 37.6 Å². The third-order valence-corrected chi connectivity index (χ3v) is 4.70. The van der Waals surface area contributed by atoms with Crippen molar-refractivity contribution in [3.63, 3.8) is 0 Å². The number of aryl methyl sites for hydroxylation is 2. The van der Waals surface area contributed by atoms with Gasteiger partial charge < -0.3 is 5.11 Å². The molecule has 1 saturated carbocycles. The normalized spacial score (nSPS) is 17.5. The largest absolute Gasteiger partial charge is 0.480 e. The van der Waals surface area contributed by atoms with Crippen LogP contribution in [0.25, 0.3) is 0 Å². The lowest BCUT2D eigenvalue weighted by atomic mass is 9.77. The number of rotatable bonds is 5. The highest BCUT2D eigenvalue weighted by Gasteiger charge is 2.44. The van der Waals surface area contributed by atoms with Gasteiger partial charge in [0.05, 0.1) is 15.9 Å². The van der Waals surface area contributed by atoms with Gasteiger partial charge in [-0.25, -0.2) is 0 Å². The molecule has 0 amide bonds. The highest BCUT2D eigenvalue weighted by atomic mass is 79.9. The van der Waals surface area contributed by atoms with Gasteiger partial charge in [-0.15, -0.1) is 0 Å². The minimum Gasteiger partial charge on any atom is -0.480 e. The molecule has 18 heavy (non-hydrogen) atoms. The number of aliphatic carboxylic acids is 1. The van der Waals surface area contributed by atoms with E-state index in [-0.39, 0.29) is 0 Å². The molecule has 1 aromatic heterocycles. The predicted octanol–water partition coefficient (Wildman–Crippen LogP) is 2.07. The first-order valence-electron chi connectivity index (χ1n) is 6.20. The summed E-state index contributed by atoms with van der Waals surface area (Å²) in [4.78, 5) is 11.3. The molecule has 0 aliphatic heterocycles. The van der Waals surface area contributed by atoms with Gasteiger partial charge in [0, 0.05) is 13.1 Å². The molecule has 0 radical (unpaired) electrons. The Balaban J connectivity index is 2.13. The fourth-order valence-electron chi connectivity index (χ4n) is 2.29. The molecule has 5 nitrogen and oxygen atoms in total. The minimum atomic E-state index is -0.746. The maximum Gasteiger partial charge on any atom is 0.323 e. The lowest BCUT2D eigenvalue weighted by molar-refractivity contribution is -0.148. The van der Waals surface area contributed by atoms with Crippen molar-refractivity contribution < 1.29 is 9.90 Å². The summed E-state index contributed by atoms with van der Waals surface area (Å²) in [5, 5.41) is 16.9. The molecule has 2 rings (SSSR count). The average Bonchev–Trinajstić information content (AvgIpc) is 2.54. The maximum atomic E-state index is 11.3. The SMILES string of the molecule is CCn1nc(C)c(Br)c1CNC1(C(=O)O)CCC1. The monoisotopic (exact) mass is 315 g/mol. The van der Waals surface area contributed by atoms with Crippen LogP contribution in [-0.2, 0) is 17.9 Å². The summed E-state index contributed by atoms with van der Waals surface area (Å²) in [6.45, 7) is 5.28. The van der Waals surface area contributed by atoms with Crippen molar-refractivity contribution in [2.75, 3.05) is 0 Å². The first kappa shape index (κ1) is 13.5. The number of nitrogens with one attached hydrogen (secondary N) is 1. The van der Waals surface area contributed by atoms with Gasteiger partial charge in [0.2, 0.25) is 0 Å². The van der Waals surface area contributed by atoms with Crippen molar-refractivity contribution in [3.8, 4) is 0 Å². The Labute approximate surface area is 115 Å². The van der Waals surface area contributed by atoms with Crippen LogP contribution in [0.5, 0.6) is 0 Å². The van der Waals surface area contributed by atoms with E-state index < -0.39 is 11.5 Å². The molecule has 1 aliphatic carbocycles. The lowest BCUT2D eigenvalue weighted by Gasteiger charge is -2.38. The van der Waals surface area contributed by atoms with Crippen LogP contribution in [0.2, 0.25) is 0 Å². The van der Waals surface area contributed by atoms with Crippen molar-refractivity contribution >= 4 is 21.9 Å². The molecule has 1 fully saturated rings. The fourth-order valence-corrected chi connectivity index (χ4v) is 2.71. The average molecular weight is 316 g/mol. The van der Waals surface area contributed by atoms with Gasteiger partial charge in [-0.05, 0) is 49.0 Å². The van der Waals surface area contributed by atoms with Crippen molar-refractivity contribution in [2.24, 2.45) is 0 Å². The molecular weight excluding hydrogens is 298 g/mol. The molecule has 1 aliphatic rings. The number of carboxylic acids is 1. The second-order valence-electron chi connectivity index (χ2n) is 4.76. The Kier molecular flexibility index (Phi) is 3.77. The van der Waals surface area contributed by atoms with Crippen molar-refractivity contribution in [1.82, 2.24) is 15.1 Å². The van der Waals surface area contributed by atoms with Crippen molar-refractivity contribution in [3.05, 3.63) is 15.9 Å². The van der Waals surface area contributed by atoms with Gasteiger partial charge in [0.1, 0.15) is 5.54 Å². The highest BCUT2D eigenvalue weighted by Crippen LogP contribution is 2.33. The van der Waals surface area contributed by atoms with Gasteiger partial charge in [-0.3, -0.25) is 14.8 Å². The molecule has 2 N–H and O–H groups in total. The topological polar surface area (TPSA) is 67.2 Å². The van der Waals surface area contributed by atoms with Crippen LogP contribution in [0.15, 0.2) is 4.47 Å². The second kappa shape index (κ2) is 5.01. The van der Waals surface area contributed by atoms with E-state index >= 15 is 0 Å². The van der Waals surface area contributed by atoms with Crippen LogP contribution in [0, 0.1) is 6.92 Å². The Bertz CT molecular complexity index is 466. The third-order valence-electron chi connectivity index (χ3n) is 3.66. The third kappa shape index (κ3) is 2.19. The van der Waals surface area contributed by atoms with E-state index in [2.05, 4.69) is 26.3 Å². The number of hydrogen-bond acceptors (Lipinski definition) is 3. The van der Waals surface area contributed by atoms with E-state index in [0.29, 0.717) is 19.4 Å². The molecule has 0 aromatic carbocycles. The Morgan fingerprint density at radius 2 is 2.28 bits per heavy atom. The molecule has 0 bridgehead atoms. The first-order valence-corrected chi connectivity index (χ1v) is 6.99. The number of carbonyl (C=O) groups is 1. The molecule has 6 heteroatoms. The number of halogens is 1. The van der Waals surface area contributed by atoms with Crippen molar-refractivity contribution in [1.29, 1.82) is 0 Å². The molecule has 100 valence electrons. The predicted molar refractivity (Wildman–Crippen MR) is 71.4 cm³/mol. The summed E-state index contributed by atoms with van der Waals surface area (Å²) >= 11 is 3.52. The quantitative estimate of drug-likeness (QED) is 0.873. The highest BCUT2D eigenvalue weighted by molar-refractivity contribution is 9.10. The molecule has 0 saturated heterocycles. The maximum absolute atomic E-state index is 11.3.